The van der Waals surface area contributed by atoms with E-state index in [1.807, 2.05) is 54.6 Å². The minimum absolute atomic E-state index is 0.162. The molecule has 1 aliphatic rings. The summed E-state index contributed by atoms with van der Waals surface area (Å²) < 4.78 is 5.35. The molecule has 1 heterocycles. The largest absolute Gasteiger partial charge is 0.497 e. The Morgan fingerprint density at radius 2 is 1.89 bits per heavy atom. The molecule has 0 saturated heterocycles. The van der Waals surface area contributed by atoms with E-state index in [1.165, 1.54) is 12.5 Å². The highest BCUT2D eigenvalue weighted by Crippen LogP contribution is 2.35. The average molecular weight is 371 g/mol. The van der Waals surface area contributed by atoms with Crippen LogP contribution in [0, 0.1) is 0 Å². The molecule has 0 saturated carbocycles. The Morgan fingerprint density at radius 1 is 1.07 bits per heavy atom. The number of nitrogens with zero attached hydrogens (tertiary/aromatic N) is 2. The summed E-state index contributed by atoms with van der Waals surface area (Å²) in [6.07, 6.45) is 5.51. The molecule has 4 rings (SSSR count). The minimum atomic E-state index is -0.162. The predicted octanol–water partition coefficient (Wildman–Crippen LogP) is 4.38. The van der Waals surface area contributed by atoms with Crippen LogP contribution in [0.2, 0.25) is 0 Å². The average Bonchev–Trinajstić information content (AvgIpc) is 2.72. The van der Waals surface area contributed by atoms with Crippen molar-refractivity contribution in [1.29, 1.82) is 0 Å². The summed E-state index contributed by atoms with van der Waals surface area (Å²) in [6, 6.07) is 16.0. The number of fused-ring (bicyclic) bond motifs is 3. The fourth-order valence-electron chi connectivity index (χ4n) is 3.38. The molecule has 1 aromatic heterocycles. The number of carbonyl (C=O) groups is 1. The molecule has 0 fully saturated rings. The lowest BCUT2D eigenvalue weighted by Crippen LogP contribution is -2.15. The van der Waals surface area contributed by atoms with Crippen molar-refractivity contribution >= 4 is 23.9 Å². The molecule has 5 nitrogen and oxygen atoms in total. The zero-order chi connectivity index (χ0) is 19.5. The summed E-state index contributed by atoms with van der Waals surface area (Å²) >= 11 is 0. The Kier molecular flexibility index (Phi) is 4.89. The topological polar surface area (TPSA) is 64.1 Å². The molecule has 140 valence electrons. The lowest BCUT2D eigenvalue weighted by atomic mass is 9.91. The Morgan fingerprint density at radius 3 is 2.64 bits per heavy atom. The number of nitrogens with one attached hydrogen (secondary N) is 1. The highest BCUT2D eigenvalue weighted by atomic mass is 16.5. The van der Waals surface area contributed by atoms with Gasteiger partial charge in [-0.25, -0.2) is 9.97 Å². The van der Waals surface area contributed by atoms with Gasteiger partial charge in [0.15, 0.2) is 5.82 Å². The summed E-state index contributed by atoms with van der Waals surface area (Å²) in [6.45, 7) is 1.48. The second-order valence-corrected chi connectivity index (χ2v) is 6.70. The fraction of sp³-hybridized carbons (Fsp3) is 0.174. The molecule has 2 aromatic carbocycles. The maximum Gasteiger partial charge on any atom is 0.222 e. The smallest absolute Gasteiger partial charge is 0.222 e. The first-order valence-corrected chi connectivity index (χ1v) is 9.23. The molecule has 28 heavy (non-hydrogen) atoms. The summed E-state index contributed by atoms with van der Waals surface area (Å²) in [5.41, 5.74) is 5.73. The maximum absolute atomic E-state index is 11.7. The highest BCUT2D eigenvalue weighted by molar-refractivity contribution is 5.90. The normalized spacial score (nSPS) is 12.4. The van der Waals surface area contributed by atoms with Crippen LogP contribution in [0.1, 0.15) is 29.4 Å². The number of ether oxygens (including phenoxy) is 1. The Balaban J connectivity index is 1.80. The standard InChI is InChI=1S/C23H21N3O2/c1-15(27)24-23-21(12-8-16-6-4-3-5-7-16)25-22-19-11-10-18(28-2)14-17(19)9-13-20(22)26-23/h3-8,10-12,14H,9,13H2,1-2H3,(H,24,26,27)/b12-8+. The highest BCUT2D eigenvalue weighted by Gasteiger charge is 2.21. The Labute approximate surface area is 164 Å². The van der Waals surface area contributed by atoms with Gasteiger partial charge in [0.05, 0.1) is 18.5 Å². The van der Waals surface area contributed by atoms with Crippen LogP contribution in [0.4, 0.5) is 5.82 Å². The number of hydrogen-bond donors (Lipinski definition) is 1. The van der Waals surface area contributed by atoms with Gasteiger partial charge < -0.3 is 10.1 Å². The van der Waals surface area contributed by atoms with Crippen molar-refractivity contribution in [3.8, 4) is 17.0 Å². The summed E-state index contributed by atoms with van der Waals surface area (Å²) in [7, 11) is 1.67. The van der Waals surface area contributed by atoms with Crippen LogP contribution >= 0.6 is 0 Å². The molecule has 1 N–H and O–H groups in total. The van der Waals surface area contributed by atoms with E-state index in [0.717, 1.165) is 41.1 Å². The van der Waals surface area contributed by atoms with Gasteiger partial charge in [0, 0.05) is 12.5 Å². The molecule has 0 aliphatic heterocycles. The van der Waals surface area contributed by atoms with Crippen molar-refractivity contribution in [1.82, 2.24) is 9.97 Å². The third-order valence-corrected chi connectivity index (χ3v) is 4.72. The molecule has 0 atom stereocenters. The second-order valence-electron chi connectivity index (χ2n) is 6.70. The summed E-state index contributed by atoms with van der Waals surface area (Å²) in [4.78, 5) is 21.3. The number of aromatic nitrogens is 2. The molecule has 5 heteroatoms. The zero-order valence-electron chi connectivity index (χ0n) is 15.9. The van der Waals surface area contributed by atoms with E-state index in [-0.39, 0.29) is 5.91 Å². The fourth-order valence-corrected chi connectivity index (χ4v) is 3.38. The van der Waals surface area contributed by atoms with E-state index in [0.29, 0.717) is 11.5 Å². The van der Waals surface area contributed by atoms with E-state index in [4.69, 9.17) is 14.7 Å². The zero-order valence-corrected chi connectivity index (χ0v) is 15.9. The predicted molar refractivity (Wildman–Crippen MR) is 111 cm³/mol. The maximum atomic E-state index is 11.7. The number of methoxy groups -OCH3 is 1. The van der Waals surface area contributed by atoms with Gasteiger partial charge >= 0.3 is 0 Å². The van der Waals surface area contributed by atoms with Crippen molar-refractivity contribution < 1.29 is 9.53 Å². The van der Waals surface area contributed by atoms with E-state index in [1.54, 1.807) is 7.11 Å². The van der Waals surface area contributed by atoms with E-state index in [2.05, 4.69) is 11.4 Å². The first kappa shape index (κ1) is 17.9. The monoisotopic (exact) mass is 371 g/mol. The van der Waals surface area contributed by atoms with Crippen LogP contribution < -0.4 is 10.1 Å². The summed E-state index contributed by atoms with van der Waals surface area (Å²) in [5.74, 6) is 1.18. The van der Waals surface area contributed by atoms with Gasteiger partial charge in [-0.3, -0.25) is 4.79 Å². The molecular formula is C23H21N3O2. The van der Waals surface area contributed by atoms with Crippen LogP contribution in [0.15, 0.2) is 48.5 Å². The molecule has 0 unspecified atom stereocenters. The number of aryl methyl sites for hydroxylation is 2. The van der Waals surface area contributed by atoms with Crippen LogP contribution in [0.3, 0.4) is 0 Å². The Bertz CT molecular complexity index is 1060. The number of hydrogen-bond acceptors (Lipinski definition) is 4. The summed E-state index contributed by atoms with van der Waals surface area (Å²) in [5, 5.41) is 2.82. The van der Waals surface area contributed by atoms with Crippen molar-refractivity contribution in [3.63, 3.8) is 0 Å². The minimum Gasteiger partial charge on any atom is -0.497 e. The number of benzene rings is 2. The number of carbonyl (C=O) groups excluding carboxylic acids is 1. The number of amides is 1. The Hall–Kier alpha value is -3.47. The van der Waals surface area contributed by atoms with Gasteiger partial charge in [0.1, 0.15) is 11.4 Å². The van der Waals surface area contributed by atoms with Gasteiger partial charge in [-0.05, 0) is 48.2 Å². The molecular weight excluding hydrogens is 350 g/mol. The van der Waals surface area contributed by atoms with Crippen molar-refractivity contribution in [3.05, 3.63) is 71.0 Å². The van der Waals surface area contributed by atoms with Gasteiger partial charge in [-0.2, -0.15) is 0 Å². The molecule has 1 amide bonds. The SMILES string of the molecule is COc1ccc2c(c1)CCc1nc(NC(C)=O)c(/C=C/c3ccccc3)nc1-2. The molecule has 0 bridgehead atoms. The molecule has 0 radical (unpaired) electrons. The third-order valence-electron chi connectivity index (χ3n) is 4.72. The molecule has 0 spiro atoms. The quantitative estimate of drug-likeness (QED) is 0.739. The first-order valence-electron chi connectivity index (χ1n) is 9.23. The van der Waals surface area contributed by atoms with E-state index in [9.17, 15) is 4.79 Å². The molecule has 3 aromatic rings. The molecule has 1 aliphatic carbocycles. The second kappa shape index (κ2) is 7.64. The number of rotatable bonds is 4. The van der Waals surface area contributed by atoms with Crippen molar-refractivity contribution in [2.45, 2.75) is 19.8 Å². The first-order chi connectivity index (χ1) is 13.6. The van der Waals surface area contributed by atoms with Gasteiger partial charge in [-0.15, -0.1) is 0 Å². The van der Waals surface area contributed by atoms with Gasteiger partial charge in [-0.1, -0.05) is 36.4 Å². The van der Waals surface area contributed by atoms with Crippen LogP contribution in [-0.2, 0) is 17.6 Å². The lowest BCUT2D eigenvalue weighted by Gasteiger charge is -2.20. The van der Waals surface area contributed by atoms with Crippen molar-refractivity contribution in [2.75, 3.05) is 12.4 Å². The lowest BCUT2D eigenvalue weighted by molar-refractivity contribution is -0.114. The van der Waals surface area contributed by atoms with Crippen LogP contribution in [0.25, 0.3) is 23.4 Å². The van der Waals surface area contributed by atoms with Gasteiger partial charge in [0.2, 0.25) is 5.91 Å². The van der Waals surface area contributed by atoms with E-state index >= 15 is 0 Å². The van der Waals surface area contributed by atoms with Crippen molar-refractivity contribution in [2.24, 2.45) is 0 Å². The number of anilines is 1. The van der Waals surface area contributed by atoms with E-state index < -0.39 is 0 Å². The third kappa shape index (κ3) is 3.64. The van der Waals surface area contributed by atoms with Crippen LogP contribution in [-0.4, -0.2) is 23.0 Å². The van der Waals surface area contributed by atoms with Gasteiger partial charge in [0.25, 0.3) is 0 Å². The van der Waals surface area contributed by atoms with Crippen LogP contribution in [0.5, 0.6) is 5.75 Å².